The number of carbonyl (C=O) groups excluding carboxylic acids is 1. The maximum absolute atomic E-state index is 11.9. The van der Waals surface area contributed by atoms with Crippen LogP contribution in [0.4, 0.5) is 5.69 Å². The van der Waals surface area contributed by atoms with E-state index in [2.05, 4.69) is 15.4 Å². The Bertz CT molecular complexity index is 538. The molecule has 1 unspecified atom stereocenters. The largest absolute Gasteiger partial charge is 0.327 e. The molecular weight excluding hydrogens is 242 g/mol. The van der Waals surface area contributed by atoms with Gasteiger partial charge in [0.2, 0.25) is 5.91 Å². The zero-order valence-electron chi connectivity index (χ0n) is 10.8. The van der Waals surface area contributed by atoms with Crippen molar-refractivity contribution in [2.24, 2.45) is 5.73 Å². The molecule has 1 atom stereocenters. The van der Waals surface area contributed by atoms with E-state index in [1.54, 1.807) is 41.5 Å². The van der Waals surface area contributed by atoms with Gasteiger partial charge in [0.25, 0.3) is 0 Å². The maximum atomic E-state index is 11.9. The number of hydrogen-bond donors (Lipinski definition) is 2. The Hall–Kier alpha value is -2.21. The molecule has 2 aromatic rings. The summed E-state index contributed by atoms with van der Waals surface area (Å²) in [7, 11) is 0. The van der Waals surface area contributed by atoms with Crippen molar-refractivity contribution in [3.8, 4) is 5.82 Å². The Balaban J connectivity index is 2.15. The summed E-state index contributed by atoms with van der Waals surface area (Å²) in [6, 6.07) is 5.24. The van der Waals surface area contributed by atoms with Crippen LogP contribution in [0.1, 0.15) is 19.8 Å². The molecule has 0 spiro atoms. The minimum atomic E-state index is -0.121. The van der Waals surface area contributed by atoms with E-state index in [9.17, 15) is 4.79 Å². The Morgan fingerprint density at radius 3 is 3.00 bits per heavy atom. The van der Waals surface area contributed by atoms with Crippen LogP contribution in [0, 0.1) is 0 Å². The van der Waals surface area contributed by atoms with Crippen LogP contribution >= 0.6 is 0 Å². The molecule has 0 aromatic carbocycles. The fourth-order valence-corrected chi connectivity index (χ4v) is 1.65. The average molecular weight is 259 g/mol. The van der Waals surface area contributed by atoms with E-state index in [0.29, 0.717) is 17.9 Å². The molecule has 2 aromatic heterocycles. The molecular formula is C13H17N5O. The second-order valence-electron chi connectivity index (χ2n) is 4.25. The van der Waals surface area contributed by atoms with E-state index in [-0.39, 0.29) is 11.9 Å². The van der Waals surface area contributed by atoms with Gasteiger partial charge in [0, 0.05) is 31.1 Å². The van der Waals surface area contributed by atoms with Crippen molar-refractivity contribution in [1.82, 2.24) is 14.8 Å². The second-order valence-corrected chi connectivity index (χ2v) is 4.25. The third-order valence-electron chi connectivity index (χ3n) is 2.75. The first-order valence-electron chi connectivity index (χ1n) is 6.21. The molecule has 6 heteroatoms. The summed E-state index contributed by atoms with van der Waals surface area (Å²) in [5, 5.41) is 6.93. The second kappa shape index (κ2) is 6.10. The molecule has 0 bridgehead atoms. The van der Waals surface area contributed by atoms with Gasteiger partial charge < -0.3 is 11.1 Å². The first-order valence-corrected chi connectivity index (χ1v) is 6.21. The van der Waals surface area contributed by atoms with E-state index in [1.807, 2.05) is 6.92 Å². The van der Waals surface area contributed by atoms with Gasteiger partial charge in [-0.15, -0.1) is 0 Å². The fourth-order valence-electron chi connectivity index (χ4n) is 1.65. The summed E-state index contributed by atoms with van der Waals surface area (Å²) < 4.78 is 1.61. The zero-order valence-corrected chi connectivity index (χ0v) is 10.8. The highest BCUT2D eigenvalue weighted by molar-refractivity contribution is 5.92. The number of hydrogen-bond acceptors (Lipinski definition) is 4. The van der Waals surface area contributed by atoms with Gasteiger partial charge in [-0.1, -0.05) is 6.92 Å². The lowest BCUT2D eigenvalue weighted by atomic mass is 10.1. The van der Waals surface area contributed by atoms with E-state index in [1.165, 1.54) is 0 Å². The van der Waals surface area contributed by atoms with Gasteiger partial charge in [-0.3, -0.25) is 4.79 Å². The van der Waals surface area contributed by atoms with Gasteiger partial charge in [0.1, 0.15) is 0 Å². The van der Waals surface area contributed by atoms with Gasteiger partial charge in [-0.2, -0.15) is 5.10 Å². The Morgan fingerprint density at radius 1 is 1.47 bits per heavy atom. The maximum Gasteiger partial charge on any atom is 0.226 e. The summed E-state index contributed by atoms with van der Waals surface area (Å²) >= 11 is 0. The number of pyridine rings is 1. The van der Waals surface area contributed by atoms with Crippen molar-refractivity contribution >= 4 is 11.6 Å². The van der Waals surface area contributed by atoms with Crippen LogP contribution in [0.25, 0.3) is 5.82 Å². The quantitative estimate of drug-likeness (QED) is 0.848. The molecule has 2 rings (SSSR count). The van der Waals surface area contributed by atoms with Gasteiger partial charge in [0.05, 0.1) is 5.69 Å². The molecule has 100 valence electrons. The topological polar surface area (TPSA) is 85.8 Å². The van der Waals surface area contributed by atoms with E-state index in [4.69, 9.17) is 5.73 Å². The molecule has 0 aliphatic rings. The van der Waals surface area contributed by atoms with Gasteiger partial charge in [-0.05, 0) is 24.6 Å². The third-order valence-corrected chi connectivity index (χ3v) is 2.75. The molecule has 0 aliphatic carbocycles. The van der Waals surface area contributed by atoms with Gasteiger partial charge in [-0.25, -0.2) is 9.67 Å². The molecule has 0 saturated carbocycles. The highest BCUT2D eigenvalue weighted by atomic mass is 16.1. The SMILES string of the molecule is CCC(N)CC(=O)Nc1cccnc1-n1cccn1. The predicted octanol–water partition coefficient (Wildman–Crippen LogP) is 1.33. The first kappa shape index (κ1) is 13.2. The molecule has 1 amide bonds. The van der Waals surface area contributed by atoms with Crippen molar-refractivity contribution < 1.29 is 4.79 Å². The van der Waals surface area contributed by atoms with E-state index < -0.39 is 0 Å². The van der Waals surface area contributed by atoms with Crippen LogP contribution in [0.3, 0.4) is 0 Å². The molecule has 6 nitrogen and oxygen atoms in total. The smallest absolute Gasteiger partial charge is 0.226 e. The van der Waals surface area contributed by atoms with Crippen molar-refractivity contribution in [1.29, 1.82) is 0 Å². The lowest BCUT2D eigenvalue weighted by molar-refractivity contribution is -0.116. The molecule has 19 heavy (non-hydrogen) atoms. The first-order chi connectivity index (χ1) is 9.20. The number of amides is 1. The summed E-state index contributed by atoms with van der Waals surface area (Å²) in [4.78, 5) is 16.1. The van der Waals surface area contributed by atoms with Crippen molar-refractivity contribution in [2.45, 2.75) is 25.8 Å². The van der Waals surface area contributed by atoms with Crippen molar-refractivity contribution in [3.05, 3.63) is 36.8 Å². The average Bonchev–Trinajstić information content (AvgIpc) is 2.93. The number of aromatic nitrogens is 3. The molecule has 2 heterocycles. The Morgan fingerprint density at radius 2 is 2.32 bits per heavy atom. The lowest BCUT2D eigenvalue weighted by Crippen LogP contribution is -2.26. The molecule has 0 saturated heterocycles. The van der Waals surface area contributed by atoms with Crippen LogP contribution in [0.2, 0.25) is 0 Å². The molecule has 0 fully saturated rings. The Labute approximate surface area is 111 Å². The highest BCUT2D eigenvalue weighted by Gasteiger charge is 2.11. The van der Waals surface area contributed by atoms with Crippen LogP contribution in [0.15, 0.2) is 36.8 Å². The van der Waals surface area contributed by atoms with Crippen LogP contribution in [-0.2, 0) is 4.79 Å². The highest BCUT2D eigenvalue weighted by Crippen LogP contribution is 2.16. The molecule has 3 N–H and O–H groups in total. The van der Waals surface area contributed by atoms with Crippen LogP contribution in [-0.4, -0.2) is 26.7 Å². The normalized spacial score (nSPS) is 12.1. The summed E-state index contributed by atoms with van der Waals surface area (Å²) in [6.45, 7) is 1.96. The monoisotopic (exact) mass is 259 g/mol. The van der Waals surface area contributed by atoms with Crippen LogP contribution < -0.4 is 11.1 Å². The summed E-state index contributed by atoms with van der Waals surface area (Å²) in [5.41, 5.74) is 6.39. The molecule has 0 aliphatic heterocycles. The van der Waals surface area contributed by atoms with Crippen molar-refractivity contribution in [2.75, 3.05) is 5.32 Å². The Kier molecular flexibility index (Phi) is 4.25. The molecule has 0 radical (unpaired) electrons. The van der Waals surface area contributed by atoms with E-state index in [0.717, 1.165) is 6.42 Å². The van der Waals surface area contributed by atoms with Crippen molar-refractivity contribution in [3.63, 3.8) is 0 Å². The third kappa shape index (κ3) is 3.38. The minimum absolute atomic E-state index is 0.115. The summed E-state index contributed by atoms with van der Waals surface area (Å²) in [6.07, 6.45) is 6.16. The summed E-state index contributed by atoms with van der Waals surface area (Å²) in [5.74, 6) is 0.474. The van der Waals surface area contributed by atoms with E-state index >= 15 is 0 Å². The minimum Gasteiger partial charge on any atom is -0.327 e. The standard InChI is InChI=1S/C13H17N5O/c1-2-10(14)9-12(19)17-11-5-3-6-15-13(11)18-8-4-7-16-18/h3-8,10H,2,9,14H2,1H3,(H,17,19). The number of nitrogens with two attached hydrogens (primary N) is 1. The lowest BCUT2D eigenvalue weighted by Gasteiger charge is -2.12. The number of anilines is 1. The predicted molar refractivity (Wildman–Crippen MR) is 72.9 cm³/mol. The number of rotatable bonds is 5. The van der Waals surface area contributed by atoms with Crippen LogP contribution in [0.5, 0.6) is 0 Å². The fraction of sp³-hybridized carbons (Fsp3) is 0.308. The van der Waals surface area contributed by atoms with Gasteiger partial charge in [0.15, 0.2) is 5.82 Å². The number of nitrogens with zero attached hydrogens (tertiary/aromatic N) is 3. The number of carbonyl (C=O) groups is 1. The van der Waals surface area contributed by atoms with Gasteiger partial charge >= 0.3 is 0 Å². The number of nitrogens with one attached hydrogen (secondary N) is 1. The zero-order chi connectivity index (χ0) is 13.7.